The lowest BCUT2D eigenvalue weighted by Crippen LogP contribution is -2.17. The van der Waals surface area contributed by atoms with Gasteiger partial charge in [-0.05, 0) is 36.8 Å². The van der Waals surface area contributed by atoms with Crippen molar-refractivity contribution in [2.45, 2.75) is 19.5 Å². The molecule has 3 rings (SSSR count). The molecule has 0 amide bonds. The third kappa shape index (κ3) is 2.46. The maximum Gasteiger partial charge on any atom is 0.231 e. The van der Waals surface area contributed by atoms with Crippen molar-refractivity contribution >= 4 is 0 Å². The van der Waals surface area contributed by atoms with Crippen molar-refractivity contribution in [1.29, 1.82) is 5.26 Å². The van der Waals surface area contributed by atoms with Crippen molar-refractivity contribution in [3.63, 3.8) is 0 Å². The molecule has 1 N–H and O–H groups in total. The first-order valence-corrected chi connectivity index (χ1v) is 6.38. The number of hydrogen-bond acceptors (Lipinski definition) is 5. The van der Waals surface area contributed by atoms with Crippen LogP contribution in [0.15, 0.2) is 34.7 Å². The molecule has 0 bridgehead atoms. The van der Waals surface area contributed by atoms with Crippen molar-refractivity contribution in [1.82, 2.24) is 5.32 Å². The minimum atomic E-state index is 0.139. The molecule has 1 aromatic heterocycles. The average molecular weight is 270 g/mol. The van der Waals surface area contributed by atoms with E-state index >= 15 is 0 Å². The van der Waals surface area contributed by atoms with E-state index < -0.39 is 0 Å². The second-order valence-electron chi connectivity index (χ2n) is 4.59. The van der Waals surface area contributed by atoms with Crippen LogP contribution in [0.5, 0.6) is 11.5 Å². The Labute approximate surface area is 116 Å². The Morgan fingerprint density at radius 2 is 2.10 bits per heavy atom. The van der Waals surface area contributed by atoms with Crippen molar-refractivity contribution in [2.75, 3.05) is 6.79 Å². The molecule has 1 atom stereocenters. The molecule has 0 fully saturated rings. The molecular formula is C15H14N2O3. The molecule has 0 saturated heterocycles. The van der Waals surface area contributed by atoms with Crippen molar-refractivity contribution in [3.05, 3.63) is 47.4 Å². The van der Waals surface area contributed by atoms with Crippen LogP contribution >= 0.6 is 0 Å². The van der Waals surface area contributed by atoms with Crippen LogP contribution in [-0.4, -0.2) is 6.79 Å². The minimum Gasteiger partial charge on any atom is -0.454 e. The highest BCUT2D eigenvalue weighted by Gasteiger charge is 2.15. The monoisotopic (exact) mass is 270 g/mol. The Hall–Kier alpha value is -2.45. The van der Waals surface area contributed by atoms with Gasteiger partial charge in [-0.2, -0.15) is 5.26 Å². The largest absolute Gasteiger partial charge is 0.454 e. The molecule has 5 nitrogen and oxygen atoms in total. The topological polar surface area (TPSA) is 67.4 Å². The van der Waals surface area contributed by atoms with Crippen molar-refractivity contribution in [3.8, 4) is 17.6 Å². The van der Waals surface area contributed by atoms with E-state index in [0.29, 0.717) is 12.3 Å². The van der Waals surface area contributed by atoms with Gasteiger partial charge in [0.25, 0.3) is 0 Å². The maximum atomic E-state index is 8.71. The normalized spacial score (nSPS) is 14.0. The van der Waals surface area contributed by atoms with Crippen LogP contribution in [0, 0.1) is 11.3 Å². The summed E-state index contributed by atoms with van der Waals surface area (Å²) >= 11 is 0. The van der Waals surface area contributed by atoms with E-state index in [1.54, 1.807) is 12.1 Å². The molecule has 0 radical (unpaired) electrons. The molecule has 102 valence electrons. The van der Waals surface area contributed by atoms with Crippen LogP contribution in [0.1, 0.15) is 30.0 Å². The summed E-state index contributed by atoms with van der Waals surface area (Å²) in [6.07, 6.45) is 0. The van der Waals surface area contributed by atoms with Crippen LogP contribution in [0.2, 0.25) is 0 Å². The Morgan fingerprint density at radius 3 is 2.90 bits per heavy atom. The molecule has 1 aliphatic rings. The zero-order chi connectivity index (χ0) is 13.9. The molecule has 1 unspecified atom stereocenters. The Morgan fingerprint density at radius 1 is 1.25 bits per heavy atom. The van der Waals surface area contributed by atoms with Gasteiger partial charge in [0.15, 0.2) is 11.5 Å². The Bertz CT molecular complexity index is 657. The van der Waals surface area contributed by atoms with Gasteiger partial charge in [-0.15, -0.1) is 0 Å². The number of ether oxygens (including phenoxy) is 2. The first-order valence-electron chi connectivity index (χ1n) is 6.38. The van der Waals surface area contributed by atoms with E-state index in [-0.39, 0.29) is 12.8 Å². The van der Waals surface area contributed by atoms with Gasteiger partial charge in [0.1, 0.15) is 11.8 Å². The highest BCUT2D eigenvalue weighted by Crippen LogP contribution is 2.34. The van der Waals surface area contributed by atoms with Gasteiger partial charge < -0.3 is 19.2 Å². The molecule has 1 aliphatic heterocycles. The number of nitrogens with zero attached hydrogens (tertiary/aromatic N) is 1. The van der Waals surface area contributed by atoms with Gasteiger partial charge in [0.05, 0.1) is 6.54 Å². The summed E-state index contributed by atoms with van der Waals surface area (Å²) in [5.74, 6) is 2.64. The number of benzene rings is 1. The van der Waals surface area contributed by atoms with E-state index in [9.17, 15) is 0 Å². The zero-order valence-electron chi connectivity index (χ0n) is 11.1. The summed E-state index contributed by atoms with van der Waals surface area (Å²) in [7, 11) is 0. The SMILES string of the molecule is CC(NCc1ccc(C#N)o1)c1ccc2c(c1)OCO2. The average Bonchev–Trinajstić information content (AvgIpc) is 3.12. The molecule has 0 aliphatic carbocycles. The predicted molar refractivity (Wildman–Crippen MR) is 71.2 cm³/mol. The fourth-order valence-electron chi connectivity index (χ4n) is 2.09. The van der Waals surface area contributed by atoms with E-state index in [0.717, 1.165) is 22.8 Å². The second-order valence-corrected chi connectivity index (χ2v) is 4.59. The van der Waals surface area contributed by atoms with Crippen LogP contribution in [0.4, 0.5) is 0 Å². The van der Waals surface area contributed by atoms with E-state index in [2.05, 4.69) is 12.2 Å². The van der Waals surface area contributed by atoms with Crippen LogP contribution < -0.4 is 14.8 Å². The van der Waals surface area contributed by atoms with Crippen LogP contribution in [0.3, 0.4) is 0 Å². The first kappa shape index (κ1) is 12.6. The standard InChI is InChI=1S/C15H14N2O3/c1-10(17-8-13-4-3-12(7-16)20-13)11-2-5-14-15(6-11)19-9-18-14/h2-6,10,17H,8-9H2,1H3. The molecule has 1 aromatic carbocycles. The third-order valence-electron chi connectivity index (χ3n) is 3.25. The van der Waals surface area contributed by atoms with E-state index in [1.807, 2.05) is 24.3 Å². The first-order chi connectivity index (χ1) is 9.76. The highest BCUT2D eigenvalue weighted by atomic mass is 16.7. The second kappa shape index (κ2) is 5.27. The van der Waals surface area contributed by atoms with E-state index in [1.165, 1.54) is 0 Å². The van der Waals surface area contributed by atoms with Crippen LogP contribution in [0.25, 0.3) is 0 Å². The number of fused-ring (bicyclic) bond motifs is 1. The number of rotatable bonds is 4. The lowest BCUT2D eigenvalue weighted by molar-refractivity contribution is 0.174. The summed E-state index contributed by atoms with van der Waals surface area (Å²) in [5.41, 5.74) is 1.11. The molecule has 2 heterocycles. The molecule has 20 heavy (non-hydrogen) atoms. The van der Waals surface area contributed by atoms with Crippen molar-refractivity contribution in [2.24, 2.45) is 0 Å². The van der Waals surface area contributed by atoms with Gasteiger partial charge in [0, 0.05) is 6.04 Å². The fourth-order valence-corrected chi connectivity index (χ4v) is 2.09. The van der Waals surface area contributed by atoms with E-state index in [4.69, 9.17) is 19.2 Å². The van der Waals surface area contributed by atoms with Gasteiger partial charge in [-0.3, -0.25) is 0 Å². The quantitative estimate of drug-likeness (QED) is 0.925. The van der Waals surface area contributed by atoms with Crippen molar-refractivity contribution < 1.29 is 13.9 Å². The molecular weight excluding hydrogens is 256 g/mol. The molecule has 2 aromatic rings. The fraction of sp³-hybridized carbons (Fsp3) is 0.267. The third-order valence-corrected chi connectivity index (χ3v) is 3.25. The number of nitrogens with one attached hydrogen (secondary N) is 1. The van der Waals surface area contributed by atoms with Gasteiger partial charge in [0.2, 0.25) is 12.6 Å². The lowest BCUT2D eigenvalue weighted by Gasteiger charge is -2.13. The Balaban J connectivity index is 1.64. The summed E-state index contributed by atoms with van der Waals surface area (Å²) in [4.78, 5) is 0. The molecule has 0 saturated carbocycles. The summed E-state index contributed by atoms with van der Waals surface area (Å²) in [5, 5.41) is 12.1. The zero-order valence-corrected chi connectivity index (χ0v) is 11.1. The maximum absolute atomic E-state index is 8.71. The van der Waals surface area contributed by atoms with Crippen LogP contribution in [-0.2, 0) is 6.54 Å². The smallest absolute Gasteiger partial charge is 0.231 e. The summed E-state index contributed by atoms with van der Waals surface area (Å²) < 4.78 is 16.0. The molecule has 5 heteroatoms. The van der Waals surface area contributed by atoms with Gasteiger partial charge >= 0.3 is 0 Å². The minimum absolute atomic E-state index is 0.139. The molecule has 0 spiro atoms. The number of nitriles is 1. The number of hydrogen-bond donors (Lipinski definition) is 1. The van der Waals surface area contributed by atoms with Gasteiger partial charge in [-0.25, -0.2) is 0 Å². The summed E-state index contributed by atoms with van der Waals surface area (Å²) in [6, 6.07) is 11.5. The predicted octanol–water partition coefficient (Wildman–Crippen LogP) is 2.73. The lowest BCUT2D eigenvalue weighted by atomic mass is 10.1. The number of furan rings is 1. The van der Waals surface area contributed by atoms with Gasteiger partial charge in [-0.1, -0.05) is 6.07 Å². The Kier molecular flexibility index (Phi) is 3.32. The highest BCUT2D eigenvalue weighted by molar-refractivity contribution is 5.45. The summed E-state index contributed by atoms with van der Waals surface area (Å²) in [6.45, 7) is 2.91.